The molecule has 0 atom stereocenters. The number of aryl methyl sites for hydroxylation is 4. The van der Waals surface area contributed by atoms with Crippen LogP contribution in [0.1, 0.15) is 17.4 Å². The largest absolute Gasteiger partial charge is 0.360 e. The highest BCUT2D eigenvalue weighted by Gasteiger charge is 2.19. The Labute approximate surface area is 184 Å². The Morgan fingerprint density at radius 2 is 1.81 bits per heavy atom. The Bertz CT molecular complexity index is 1400. The van der Waals surface area contributed by atoms with Crippen molar-refractivity contribution in [3.63, 3.8) is 0 Å². The second-order valence-corrected chi connectivity index (χ2v) is 7.42. The van der Waals surface area contributed by atoms with Gasteiger partial charge in [0.05, 0.1) is 23.1 Å². The van der Waals surface area contributed by atoms with Crippen LogP contribution in [-0.4, -0.2) is 39.7 Å². The molecule has 0 aliphatic heterocycles. The first-order chi connectivity index (χ1) is 15.5. The lowest BCUT2D eigenvalue weighted by Gasteiger charge is -2.08. The summed E-state index contributed by atoms with van der Waals surface area (Å²) in [5.74, 6) is 2.74. The minimum Gasteiger partial charge on any atom is -0.360 e. The van der Waals surface area contributed by atoms with Gasteiger partial charge in [0.1, 0.15) is 23.1 Å². The molecule has 1 aromatic carbocycles. The van der Waals surface area contributed by atoms with Gasteiger partial charge in [0, 0.05) is 30.7 Å². The van der Waals surface area contributed by atoms with E-state index in [1.54, 1.807) is 23.1 Å². The van der Waals surface area contributed by atoms with Crippen LogP contribution in [0.2, 0.25) is 0 Å². The first-order valence-electron chi connectivity index (χ1n) is 10.0. The number of hydrogen-bond acceptors (Lipinski definition) is 8. The maximum absolute atomic E-state index is 5.46. The molecule has 0 radical (unpaired) electrons. The van der Waals surface area contributed by atoms with E-state index in [2.05, 4.69) is 35.6 Å². The third-order valence-corrected chi connectivity index (χ3v) is 5.00. The number of benzene rings is 1. The minimum atomic E-state index is 0.459. The fraction of sp³-hybridized carbons (Fsp3) is 0.182. The zero-order valence-corrected chi connectivity index (χ0v) is 18.1. The van der Waals surface area contributed by atoms with Gasteiger partial charge in [-0.2, -0.15) is 10.2 Å². The van der Waals surface area contributed by atoms with Gasteiger partial charge < -0.3 is 9.84 Å². The van der Waals surface area contributed by atoms with Gasteiger partial charge in [-0.1, -0.05) is 5.16 Å². The number of nitrogens with one attached hydrogen (secondary N) is 1. The van der Waals surface area contributed by atoms with Gasteiger partial charge in [-0.05, 0) is 51.1 Å². The number of nitrogens with zero attached hydrogens (tertiary/aromatic N) is 8. The Balaban J connectivity index is 1.42. The van der Waals surface area contributed by atoms with Crippen molar-refractivity contribution in [2.45, 2.75) is 20.8 Å². The maximum atomic E-state index is 5.46. The maximum Gasteiger partial charge on any atom is 0.227 e. The van der Waals surface area contributed by atoms with Crippen LogP contribution in [0.3, 0.4) is 0 Å². The van der Waals surface area contributed by atoms with Crippen LogP contribution >= 0.6 is 0 Å². The Morgan fingerprint density at radius 1 is 1.00 bits per heavy atom. The molecule has 0 fully saturated rings. The highest BCUT2D eigenvalue weighted by atomic mass is 16.5. The summed E-state index contributed by atoms with van der Waals surface area (Å²) >= 11 is 0. The SMILES string of the molecule is Cc1nc(C)n(-c2ccc(Nc3nccc(-c4noc(C)c4-c4cnn(C)c4)n3)cc2)n1. The van der Waals surface area contributed by atoms with Gasteiger partial charge in [-0.15, -0.1) is 0 Å². The van der Waals surface area contributed by atoms with Crippen LogP contribution in [0.15, 0.2) is 53.4 Å². The van der Waals surface area contributed by atoms with Crippen LogP contribution in [0.5, 0.6) is 0 Å². The molecular formula is C22H21N9O. The second kappa shape index (κ2) is 7.73. The van der Waals surface area contributed by atoms with Crippen molar-refractivity contribution in [1.82, 2.24) is 39.7 Å². The molecule has 5 rings (SSSR count). The summed E-state index contributed by atoms with van der Waals surface area (Å²) in [5.41, 5.74) is 4.87. The summed E-state index contributed by atoms with van der Waals surface area (Å²) in [6.45, 7) is 5.68. The van der Waals surface area contributed by atoms with Crippen molar-refractivity contribution in [3.05, 3.63) is 66.3 Å². The predicted octanol–water partition coefficient (Wildman–Crippen LogP) is 3.78. The van der Waals surface area contributed by atoms with Gasteiger partial charge in [0.2, 0.25) is 5.95 Å². The third kappa shape index (κ3) is 3.62. The highest BCUT2D eigenvalue weighted by Crippen LogP contribution is 2.33. The molecule has 0 spiro atoms. The average Bonchev–Trinajstić information content (AvgIpc) is 3.47. The van der Waals surface area contributed by atoms with E-state index in [4.69, 9.17) is 4.52 Å². The van der Waals surface area contributed by atoms with Crippen molar-refractivity contribution in [1.29, 1.82) is 0 Å². The summed E-state index contributed by atoms with van der Waals surface area (Å²) in [6, 6.07) is 9.64. The van der Waals surface area contributed by atoms with Gasteiger partial charge >= 0.3 is 0 Å². The normalized spacial score (nSPS) is 11.1. The van der Waals surface area contributed by atoms with Gasteiger partial charge in [0.15, 0.2) is 0 Å². The number of rotatable bonds is 5. The fourth-order valence-corrected chi connectivity index (χ4v) is 3.57. The fourth-order valence-electron chi connectivity index (χ4n) is 3.57. The van der Waals surface area contributed by atoms with E-state index in [1.807, 2.05) is 63.0 Å². The quantitative estimate of drug-likeness (QED) is 0.451. The molecule has 0 amide bonds. The average molecular weight is 427 g/mol. The monoisotopic (exact) mass is 427 g/mol. The molecule has 160 valence electrons. The highest BCUT2D eigenvalue weighted by molar-refractivity contribution is 5.80. The number of hydrogen-bond donors (Lipinski definition) is 1. The topological polar surface area (TPSA) is 112 Å². The molecule has 0 aliphatic rings. The Kier molecular flexibility index (Phi) is 4.74. The van der Waals surface area contributed by atoms with Crippen LogP contribution in [0.4, 0.5) is 11.6 Å². The molecule has 0 saturated heterocycles. The Morgan fingerprint density at radius 3 is 2.50 bits per heavy atom. The van der Waals surface area contributed by atoms with Crippen LogP contribution in [0.25, 0.3) is 28.2 Å². The van der Waals surface area contributed by atoms with Gasteiger partial charge in [0.25, 0.3) is 0 Å². The van der Waals surface area contributed by atoms with E-state index in [9.17, 15) is 0 Å². The van der Waals surface area contributed by atoms with Crippen molar-refractivity contribution >= 4 is 11.6 Å². The molecule has 10 nitrogen and oxygen atoms in total. The molecule has 10 heteroatoms. The van der Waals surface area contributed by atoms with E-state index in [1.165, 1.54) is 0 Å². The van der Waals surface area contributed by atoms with Crippen LogP contribution < -0.4 is 5.32 Å². The first kappa shape index (κ1) is 19.6. The lowest BCUT2D eigenvalue weighted by atomic mass is 10.1. The molecule has 1 N–H and O–H groups in total. The molecule has 0 aliphatic carbocycles. The number of aromatic nitrogens is 8. The predicted molar refractivity (Wildman–Crippen MR) is 119 cm³/mol. The van der Waals surface area contributed by atoms with Crippen molar-refractivity contribution in [2.75, 3.05) is 5.32 Å². The van der Waals surface area contributed by atoms with E-state index < -0.39 is 0 Å². The summed E-state index contributed by atoms with van der Waals surface area (Å²) in [4.78, 5) is 13.3. The second-order valence-electron chi connectivity index (χ2n) is 7.42. The van der Waals surface area contributed by atoms with Crippen LogP contribution in [0, 0.1) is 20.8 Å². The first-order valence-corrected chi connectivity index (χ1v) is 10.0. The lowest BCUT2D eigenvalue weighted by molar-refractivity contribution is 0.400. The Hall–Kier alpha value is -4.34. The summed E-state index contributed by atoms with van der Waals surface area (Å²) in [6.07, 6.45) is 5.39. The van der Waals surface area contributed by atoms with Crippen LogP contribution in [-0.2, 0) is 7.05 Å². The van der Waals surface area contributed by atoms with Crippen molar-refractivity contribution in [2.24, 2.45) is 7.05 Å². The summed E-state index contributed by atoms with van der Waals surface area (Å²) in [7, 11) is 1.87. The van der Waals surface area contributed by atoms with E-state index in [0.29, 0.717) is 23.1 Å². The standard InChI is InChI=1S/C22H21N9O/c1-13-20(16-11-24-30(4)12-16)21(29-32-13)19-9-10-23-22(27-19)26-17-5-7-18(8-6-17)31-15(3)25-14(2)28-31/h5-12H,1-4H3,(H,23,26,27). The third-order valence-electron chi connectivity index (χ3n) is 5.00. The smallest absolute Gasteiger partial charge is 0.227 e. The molecule has 32 heavy (non-hydrogen) atoms. The molecule has 0 saturated carbocycles. The zero-order valence-electron chi connectivity index (χ0n) is 18.1. The van der Waals surface area contributed by atoms with Crippen molar-refractivity contribution in [3.8, 4) is 28.2 Å². The summed E-state index contributed by atoms with van der Waals surface area (Å²) < 4.78 is 9.01. The minimum absolute atomic E-state index is 0.459. The van der Waals surface area contributed by atoms with E-state index in [0.717, 1.165) is 34.2 Å². The van der Waals surface area contributed by atoms with Gasteiger partial charge in [-0.3, -0.25) is 4.68 Å². The molecule has 4 aromatic heterocycles. The molecule has 4 heterocycles. The van der Waals surface area contributed by atoms with Gasteiger partial charge in [-0.25, -0.2) is 19.6 Å². The van der Waals surface area contributed by atoms with E-state index in [-0.39, 0.29) is 0 Å². The molecule has 5 aromatic rings. The molecule has 0 bridgehead atoms. The van der Waals surface area contributed by atoms with E-state index >= 15 is 0 Å². The number of anilines is 2. The lowest BCUT2D eigenvalue weighted by Crippen LogP contribution is -2.01. The van der Waals surface area contributed by atoms with Crippen molar-refractivity contribution < 1.29 is 4.52 Å². The zero-order chi connectivity index (χ0) is 22.2. The summed E-state index contributed by atoms with van der Waals surface area (Å²) in [5, 5.41) is 16.1. The molecule has 0 unspecified atom stereocenters. The molecular weight excluding hydrogens is 406 g/mol.